The number of nitrogens with two attached hydrogens (primary N) is 1. The number of rotatable bonds is 1. The third-order valence-electron chi connectivity index (χ3n) is 2.46. The highest BCUT2D eigenvalue weighted by atomic mass is 16.5. The van der Waals surface area contributed by atoms with Crippen LogP contribution in [0, 0.1) is 5.92 Å². The van der Waals surface area contributed by atoms with Crippen LogP contribution in [0.3, 0.4) is 0 Å². The first-order chi connectivity index (χ1) is 5.31. The van der Waals surface area contributed by atoms with E-state index in [1.807, 2.05) is 0 Å². The molecule has 4 heteroatoms. The molecule has 0 radical (unpaired) electrons. The van der Waals surface area contributed by atoms with E-state index < -0.39 is 0 Å². The Morgan fingerprint density at radius 3 is 3.18 bits per heavy atom. The zero-order valence-corrected chi connectivity index (χ0v) is 6.23. The fourth-order valence-corrected chi connectivity index (χ4v) is 1.87. The Balaban J connectivity index is 2.08. The van der Waals surface area contributed by atoms with Gasteiger partial charge in [-0.2, -0.15) is 0 Å². The number of fused-ring (bicyclic) bond motifs is 1. The van der Waals surface area contributed by atoms with Gasteiger partial charge < -0.3 is 15.6 Å². The molecule has 0 bridgehead atoms. The van der Waals surface area contributed by atoms with Gasteiger partial charge in [0, 0.05) is 12.5 Å². The minimum atomic E-state index is 0.0556. The fourth-order valence-electron chi connectivity index (χ4n) is 1.87. The minimum Gasteiger partial charge on any atom is -0.459 e. The van der Waals surface area contributed by atoms with Crippen LogP contribution in [0.25, 0.3) is 0 Å². The van der Waals surface area contributed by atoms with Gasteiger partial charge in [0.05, 0.1) is 6.04 Å². The van der Waals surface area contributed by atoms with E-state index in [-0.39, 0.29) is 30.7 Å². The Hall–Kier alpha value is -0.770. The van der Waals surface area contributed by atoms with Gasteiger partial charge in [-0.15, -0.1) is 0 Å². The number of aliphatic hydroxyl groups excluding tert-OH is 1. The molecule has 1 aliphatic carbocycles. The lowest BCUT2D eigenvalue weighted by Crippen LogP contribution is -2.27. The molecule has 1 heterocycles. The normalized spacial score (nSPS) is 41.5. The average Bonchev–Trinajstić information content (AvgIpc) is 2.45. The smallest absolute Gasteiger partial charge is 0.282 e. The van der Waals surface area contributed by atoms with Crippen molar-refractivity contribution >= 4 is 6.02 Å². The lowest BCUT2D eigenvalue weighted by molar-refractivity contribution is 0.107. The van der Waals surface area contributed by atoms with Crippen molar-refractivity contribution in [2.45, 2.75) is 25.0 Å². The molecule has 0 saturated heterocycles. The highest BCUT2D eigenvalue weighted by Gasteiger charge is 2.41. The van der Waals surface area contributed by atoms with Gasteiger partial charge in [0.25, 0.3) is 6.02 Å². The van der Waals surface area contributed by atoms with Crippen molar-refractivity contribution in [3.63, 3.8) is 0 Å². The van der Waals surface area contributed by atoms with Crippen LogP contribution in [0.1, 0.15) is 12.8 Å². The Bertz CT molecular complexity index is 193. The number of aliphatic imine (C=N–C) groups is 1. The van der Waals surface area contributed by atoms with Crippen LogP contribution in [0.4, 0.5) is 0 Å². The van der Waals surface area contributed by atoms with E-state index in [0.29, 0.717) is 0 Å². The molecule has 1 fully saturated rings. The Labute approximate surface area is 65.1 Å². The van der Waals surface area contributed by atoms with Crippen LogP contribution in [0.15, 0.2) is 4.99 Å². The summed E-state index contributed by atoms with van der Waals surface area (Å²) in [5.41, 5.74) is 5.39. The van der Waals surface area contributed by atoms with Crippen LogP contribution in [-0.2, 0) is 4.74 Å². The van der Waals surface area contributed by atoms with Gasteiger partial charge in [0.15, 0.2) is 0 Å². The lowest BCUT2D eigenvalue weighted by Gasteiger charge is -2.14. The first-order valence-corrected chi connectivity index (χ1v) is 3.92. The lowest BCUT2D eigenvalue weighted by atomic mass is 10.1. The van der Waals surface area contributed by atoms with Gasteiger partial charge in [-0.3, -0.25) is 0 Å². The average molecular weight is 156 g/mol. The largest absolute Gasteiger partial charge is 0.459 e. The molecule has 3 unspecified atom stereocenters. The van der Waals surface area contributed by atoms with Crippen molar-refractivity contribution in [3.05, 3.63) is 0 Å². The summed E-state index contributed by atoms with van der Waals surface area (Å²) in [6, 6.07) is 0.505. The summed E-state index contributed by atoms with van der Waals surface area (Å²) in [5.74, 6) is 0.241. The number of hydrogen-bond donors (Lipinski definition) is 2. The van der Waals surface area contributed by atoms with Crippen LogP contribution in [0.2, 0.25) is 0 Å². The third-order valence-corrected chi connectivity index (χ3v) is 2.46. The summed E-state index contributed by atoms with van der Waals surface area (Å²) in [6.45, 7) is 0.184. The first-order valence-electron chi connectivity index (χ1n) is 3.92. The molecule has 0 aromatic carbocycles. The van der Waals surface area contributed by atoms with Crippen LogP contribution in [-0.4, -0.2) is 29.9 Å². The van der Waals surface area contributed by atoms with Gasteiger partial charge in [0.2, 0.25) is 0 Å². The van der Waals surface area contributed by atoms with Gasteiger partial charge in [-0.1, -0.05) is 0 Å². The van der Waals surface area contributed by atoms with Crippen molar-refractivity contribution in [3.8, 4) is 0 Å². The zero-order valence-electron chi connectivity index (χ0n) is 6.23. The molecule has 4 nitrogen and oxygen atoms in total. The maximum Gasteiger partial charge on any atom is 0.282 e. The quantitative estimate of drug-likeness (QED) is 0.536. The van der Waals surface area contributed by atoms with E-state index in [4.69, 9.17) is 15.6 Å². The first kappa shape index (κ1) is 6.91. The predicted molar refractivity (Wildman–Crippen MR) is 40.1 cm³/mol. The van der Waals surface area contributed by atoms with E-state index in [1.165, 1.54) is 0 Å². The number of hydrogen-bond acceptors (Lipinski definition) is 4. The van der Waals surface area contributed by atoms with Crippen molar-refractivity contribution in [2.75, 3.05) is 6.61 Å². The Morgan fingerprint density at radius 1 is 1.64 bits per heavy atom. The number of amidine groups is 1. The molecule has 2 rings (SSSR count). The molecule has 11 heavy (non-hydrogen) atoms. The second kappa shape index (κ2) is 2.37. The summed E-state index contributed by atoms with van der Waals surface area (Å²) < 4.78 is 5.26. The van der Waals surface area contributed by atoms with E-state index in [9.17, 15) is 0 Å². The maximum atomic E-state index is 8.93. The monoisotopic (exact) mass is 156 g/mol. The number of ether oxygens (including phenoxy) is 1. The van der Waals surface area contributed by atoms with Crippen molar-refractivity contribution in [1.82, 2.24) is 0 Å². The molecular formula is C7H12N2O2. The molecular weight excluding hydrogens is 144 g/mol. The van der Waals surface area contributed by atoms with Crippen molar-refractivity contribution < 1.29 is 9.84 Å². The number of aliphatic hydroxyl groups is 1. The van der Waals surface area contributed by atoms with Crippen molar-refractivity contribution in [1.29, 1.82) is 0 Å². The van der Waals surface area contributed by atoms with Crippen LogP contribution >= 0.6 is 0 Å². The highest BCUT2D eigenvalue weighted by Crippen LogP contribution is 2.33. The van der Waals surface area contributed by atoms with Gasteiger partial charge in [0.1, 0.15) is 6.10 Å². The predicted octanol–water partition coefficient (Wildman–Crippen LogP) is -0.529. The molecule has 1 aliphatic heterocycles. The molecule has 0 aromatic heterocycles. The minimum absolute atomic E-state index is 0.0556. The second-order valence-electron chi connectivity index (χ2n) is 3.14. The van der Waals surface area contributed by atoms with Crippen molar-refractivity contribution in [2.24, 2.45) is 16.6 Å². The molecule has 0 spiro atoms. The summed E-state index contributed by atoms with van der Waals surface area (Å²) in [7, 11) is 0. The van der Waals surface area contributed by atoms with Crippen LogP contribution < -0.4 is 5.73 Å². The molecule has 2 aliphatic rings. The SMILES string of the molecule is NC1=NC2CCC(CO)C2O1. The summed E-state index contributed by atoms with van der Waals surface area (Å²) >= 11 is 0. The second-order valence-corrected chi connectivity index (χ2v) is 3.14. The Kier molecular flexibility index (Phi) is 1.49. The van der Waals surface area contributed by atoms with Crippen LogP contribution in [0.5, 0.6) is 0 Å². The van der Waals surface area contributed by atoms with Gasteiger partial charge in [-0.25, -0.2) is 4.99 Å². The number of nitrogens with zero attached hydrogens (tertiary/aromatic N) is 1. The molecule has 0 aromatic rings. The zero-order chi connectivity index (χ0) is 7.84. The molecule has 3 N–H and O–H groups in total. The molecule has 0 amide bonds. The highest BCUT2D eigenvalue weighted by molar-refractivity contribution is 5.73. The standard InChI is InChI=1S/C7H12N2O2/c8-7-9-5-2-1-4(3-10)6(5)11-7/h4-6,10H,1-3H2,(H2,8,9). The van der Waals surface area contributed by atoms with Gasteiger partial charge >= 0.3 is 0 Å². The van der Waals surface area contributed by atoms with E-state index >= 15 is 0 Å². The topological polar surface area (TPSA) is 67.8 Å². The summed E-state index contributed by atoms with van der Waals surface area (Å²) in [5, 5.41) is 8.93. The summed E-state index contributed by atoms with van der Waals surface area (Å²) in [4.78, 5) is 4.11. The van der Waals surface area contributed by atoms with E-state index in [0.717, 1.165) is 12.8 Å². The molecule has 3 atom stereocenters. The van der Waals surface area contributed by atoms with E-state index in [2.05, 4.69) is 4.99 Å². The summed E-state index contributed by atoms with van der Waals surface area (Å²) in [6.07, 6.45) is 2.05. The third kappa shape index (κ3) is 0.976. The molecule has 62 valence electrons. The van der Waals surface area contributed by atoms with Gasteiger partial charge in [-0.05, 0) is 12.8 Å². The fraction of sp³-hybridized carbons (Fsp3) is 0.857. The molecule has 1 saturated carbocycles. The van der Waals surface area contributed by atoms with E-state index in [1.54, 1.807) is 0 Å². The maximum absolute atomic E-state index is 8.93. The Morgan fingerprint density at radius 2 is 2.45 bits per heavy atom.